The standard InChI is InChI=1S/C19H17NO3S/c1-13(20-18(21)14-7-3-2-4-8-14)19(22)23-11-15-12-24-17-10-6-5-9-16(15)17/h2-10,12-13H,11H2,1H3,(H,20,21)/t13-/m0/s1. The molecule has 4 nitrogen and oxygen atoms in total. The molecule has 5 heteroatoms. The van der Waals surface area contributed by atoms with E-state index < -0.39 is 12.0 Å². The van der Waals surface area contributed by atoms with Crippen molar-refractivity contribution in [1.82, 2.24) is 5.32 Å². The summed E-state index contributed by atoms with van der Waals surface area (Å²) >= 11 is 1.62. The lowest BCUT2D eigenvalue weighted by atomic mass is 10.2. The molecule has 1 heterocycles. The lowest BCUT2D eigenvalue weighted by Gasteiger charge is -2.13. The Balaban J connectivity index is 1.57. The van der Waals surface area contributed by atoms with Crippen LogP contribution in [0.4, 0.5) is 0 Å². The predicted molar refractivity (Wildman–Crippen MR) is 95.0 cm³/mol. The van der Waals surface area contributed by atoms with Crippen LogP contribution in [-0.2, 0) is 16.1 Å². The molecule has 0 radical (unpaired) electrons. The smallest absolute Gasteiger partial charge is 0.328 e. The van der Waals surface area contributed by atoms with E-state index in [0.29, 0.717) is 5.56 Å². The van der Waals surface area contributed by atoms with Crippen molar-refractivity contribution in [1.29, 1.82) is 0 Å². The zero-order valence-corrected chi connectivity index (χ0v) is 14.0. The van der Waals surface area contributed by atoms with E-state index in [0.717, 1.165) is 15.6 Å². The Morgan fingerprint density at radius 1 is 1.08 bits per heavy atom. The van der Waals surface area contributed by atoms with Crippen molar-refractivity contribution < 1.29 is 14.3 Å². The largest absolute Gasteiger partial charge is 0.459 e. The molecule has 3 rings (SSSR count). The van der Waals surface area contributed by atoms with Gasteiger partial charge in [0.15, 0.2) is 0 Å². The highest BCUT2D eigenvalue weighted by Gasteiger charge is 2.18. The van der Waals surface area contributed by atoms with E-state index in [1.165, 1.54) is 0 Å². The van der Waals surface area contributed by atoms with Crippen molar-refractivity contribution >= 4 is 33.3 Å². The van der Waals surface area contributed by atoms with E-state index in [1.54, 1.807) is 42.5 Å². The van der Waals surface area contributed by atoms with Crippen LogP contribution in [0.1, 0.15) is 22.8 Å². The number of nitrogens with one attached hydrogen (secondary N) is 1. The molecule has 0 bridgehead atoms. The Kier molecular flexibility index (Phi) is 4.91. The Hall–Kier alpha value is -2.66. The van der Waals surface area contributed by atoms with Crippen LogP contribution in [0.3, 0.4) is 0 Å². The monoisotopic (exact) mass is 339 g/mol. The van der Waals surface area contributed by atoms with E-state index in [1.807, 2.05) is 35.7 Å². The second-order valence-electron chi connectivity index (χ2n) is 5.43. The summed E-state index contributed by atoms with van der Waals surface area (Å²) in [6, 6.07) is 16.1. The molecule has 24 heavy (non-hydrogen) atoms. The third-order valence-corrected chi connectivity index (χ3v) is 4.68. The van der Waals surface area contributed by atoms with E-state index in [9.17, 15) is 9.59 Å². The molecule has 0 saturated carbocycles. The van der Waals surface area contributed by atoms with Crippen LogP contribution < -0.4 is 5.32 Å². The fraction of sp³-hybridized carbons (Fsp3) is 0.158. The Morgan fingerprint density at radius 3 is 2.58 bits per heavy atom. The fourth-order valence-corrected chi connectivity index (χ4v) is 3.29. The van der Waals surface area contributed by atoms with Crippen LogP contribution >= 0.6 is 11.3 Å². The van der Waals surface area contributed by atoms with Crippen molar-refractivity contribution in [2.45, 2.75) is 19.6 Å². The van der Waals surface area contributed by atoms with Gasteiger partial charge in [-0.1, -0.05) is 36.4 Å². The SMILES string of the molecule is C[C@H](NC(=O)c1ccccc1)C(=O)OCc1csc2ccccc12. The van der Waals surface area contributed by atoms with Crippen LogP contribution in [0, 0.1) is 0 Å². The van der Waals surface area contributed by atoms with Crippen LogP contribution in [0.25, 0.3) is 10.1 Å². The molecule has 1 atom stereocenters. The summed E-state index contributed by atoms with van der Waals surface area (Å²) < 4.78 is 6.51. The highest BCUT2D eigenvalue weighted by molar-refractivity contribution is 7.17. The van der Waals surface area contributed by atoms with E-state index in [2.05, 4.69) is 5.32 Å². The number of ether oxygens (including phenoxy) is 1. The molecule has 3 aromatic rings. The van der Waals surface area contributed by atoms with Gasteiger partial charge in [0.2, 0.25) is 0 Å². The van der Waals surface area contributed by atoms with Crippen LogP contribution in [0.15, 0.2) is 60.0 Å². The number of carbonyl (C=O) groups is 2. The molecular weight excluding hydrogens is 322 g/mol. The zero-order chi connectivity index (χ0) is 16.9. The van der Waals surface area contributed by atoms with Gasteiger partial charge in [-0.15, -0.1) is 11.3 Å². The number of hydrogen-bond acceptors (Lipinski definition) is 4. The Bertz CT molecular complexity index is 857. The highest BCUT2D eigenvalue weighted by atomic mass is 32.1. The molecule has 122 valence electrons. The maximum Gasteiger partial charge on any atom is 0.328 e. The lowest BCUT2D eigenvalue weighted by Crippen LogP contribution is -2.39. The van der Waals surface area contributed by atoms with Crippen LogP contribution in [-0.4, -0.2) is 17.9 Å². The highest BCUT2D eigenvalue weighted by Crippen LogP contribution is 2.26. The van der Waals surface area contributed by atoms with Gasteiger partial charge in [0, 0.05) is 15.8 Å². The molecule has 0 saturated heterocycles. The van der Waals surface area contributed by atoms with Gasteiger partial charge in [-0.05, 0) is 35.9 Å². The van der Waals surface area contributed by atoms with Crippen molar-refractivity contribution in [3.8, 4) is 0 Å². The van der Waals surface area contributed by atoms with Crippen molar-refractivity contribution in [2.24, 2.45) is 0 Å². The molecule has 0 aliphatic rings. The summed E-state index contributed by atoms with van der Waals surface area (Å²) in [6.07, 6.45) is 0. The van der Waals surface area contributed by atoms with Gasteiger partial charge in [0.05, 0.1) is 0 Å². The van der Waals surface area contributed by atoms with Gasteiger partial charge >= 0.3 is 5.97 Å². The van der Waals surface area contributed by atoms with Gasteiger partial charge < -0.3 is 10.1 Å². The average Bonchev–Trinajstić information content (AvgIpc) is 3.03. The van der Waals surface area contributed by atoms with E-state index in [-0.39, 0.29) is 12.5 Å². The number of benzene rings is 2. The van der Waals surface area contributed by atoms with Gasteiger partial charge in [-0.3, -0.25) is 4.79 Å². The topological polar surface area (TPSA) is 55.4 Å². The summed E-state index contributed by atoms with van der Waals surface area (Å²) in [4.78, 5) is 24.2. The summed E-state index contributed by atoms with van der Waals surface area (Å²) in [6.45, 7) is 1.82. The lowest BCUT2D eigenvalue weighted by molar-refractivity contribution is -0.146. The first-order valence-electron chi connectivity index (χ1n) is 7.63. The fourth-order valence-electron chi connectivity index (χ4n) is 2.35. The van der Waals surface area contributed by atoms with Crippen LogP contribution in [0.5, 0.6) is 0 Å². The minimum absolute atomic E-state index is 0.203. The maximum atomic E-state index is 12.1. The second-order valence-corrected chi connectivity index (χ2v) is 6.34. The Labute approximate surface area is 144 Å². The third kappa shape index (κ3) is 3.63. The average molecular weight is 339 g/mol. The molecule has 1 N–H and O–H groups in total. The number of amides is 1. The van der Waals surface area contributed by atoms with Gasteiger partial charge in [0.1, 0.15) is 12.6 Å². The maximum absolute atomic E-state index is 12.1. The van der Waals surface area contributed by atoms with Crippen molar-refractivity contribution in [3.63, 3.8) is 0 Å². The molecule has 2 aromatic carbocycles. The van der Waals surface area contributed by atoms with Gasteiger partial charge in [-0.2, -0.15) is 0 Å². The number of carbonyl (C=O) groups excluding carboxylic acids is 2. The van der Waals surface area contributed by atoms with Crippen molar-refractivity contribution in [2.75, 3.05) is 0 Å². The summed E-state index contributed by atoms with van der Waals surface area (Å²) in [5.41, 5.74) is 1.49. The van der Waals surface area contributed by atoms with E-state index in [4.69, 9.17) is 4.74 Å². The molecule has 0 spiro atoms. The van der Waals surface area contributed by atoms with Gasteiger partial charge in [-0.25, -0.2) is 4.79 Å². The summed E-state index contributed by atoms with van der Waals surface area (Å²) in [5.74, 6) is -0.740. The first kappa shape index (κ1) is 16.2. The predicted octanol–water partition coefficient (Wildman–Crippen LogP) is 3.76. The Morgan fingerprint density at radius 2 is 1.79 bits per heavy atom. The first-order valence-corrected chi connectivity index (χ1v) is 8.51. The van der Waals surface area contributed by atoms with Gasteiger partial charge in [0.25, 0.3) is 5.91 Å². The molecule has 0 aliphatic heterocycles. The molecule has 0 unspecified atom stereocenters. The van der Waals surface area contributed by atoms with Crippen molar-refractivity contribution in [3.05, 3.63) is 71.1 Å². The number of hydrogen-bond donors (Lipinski definition) is 1. The quantitative estimate of drug-likeness (QED) is 0.720. The summed E-state index contributed by atoms with van der Waals surface area (Å²) in [7, 11) is 0. The third-order valence-electron chi connectivity index (χ3n) is 3.67. The first-order chi connectivity index (χ1) is 11.6. The molecule has 1 aromatic heterocycles. The molecule has 1 amide bonds. The minimum atomic E-state index is -0.706. The second kappa shape index (κ2) is 7.27. The number of rotatable bonds is 5. The van der Waals surface area contributed by atoms with Crippen LogP contribution in [0.2, 0.25) is 0 Å². The zero-order valence-electron chi connectivity index (χ0n) is 13.2. The minimum Gasteiger partial charge on any atom is -0.459 e. The summed E-state index contributed by atoms with van der Waals surface area (Å²) in [5, 5.41) is 5.74. The number of thiophene rings is 1. The normalized spacial score (nSPS) is 11.9. The number of esters is 1. The molecule has 0 aliphatic carbocycles. The number of fused-ring (bicyclic) bond motifs is 1. The molecular formula is C19H17NO3S. The van der Waals surface area contributed by atoms with E-state index >= 15 is 0 Å². The molecule has 0 fully saturated rings.